The van der Waals surface area contributed by atoms with Crippen LogP contribution in [-0.2, 0) is 19.4 Å². The average Bonchev–Trinajstić information content (AvgIpc) is 3.20. The summed E-state index contributed by atoms with van der Waals surface area (Å²) in [5, 5.41) is 3.20. The number of ether oxygens (including phenoxy) is 1. The van der Waals surface area contributed by atoms with Crippen molar-refractivity contribution in [2.24, 2.45) is 0 Å². The van der Waals surface area contributed by atoms with E-state index < -0.39 is 0 Å². The second-order valence-electron chi connectivity index (χ2n) is 9.08. The lowest BCUT2D eigenvalue weighted by molar-refractivity contribution is 0.306. The Kier molecular flexibility index (Phi) is 6.17. The van der Waals surface area contributed by atoms with Crippen LogP contribution >= 0.6 is 27.3 Å². The summed E-state index contributed by atoms with van der Waals surface area (Å²) in [4.78, 5) is 23.2. The zero-order valence-corrected chi connectivity index (χ0v) is 21.7. The first-order chi connectivity index (χ1) is 17.2. The maximum absolute atomic E-state index is 13.1. The van der Waals surface area contributed by atoms with E-state index in [0.717, 1.165) is 50.8 Å². The number of hydrogen-bond donors (Lipinski definition) is 1. The van der Waals surface area contributed by atoms with Gasteiger partial charge in [0.1, 0.15) is 23.0 Å². The van der Waals surface area contributed by atoms with Crippen LogP contribution in [0.25, 0.3) is 32.4 Å². The predicted molar refractivity (Wildman–Crippen MR) is 148 cm³/mol. The highest BCUT2D eigenvalue weighted by Crippen LogP contribution is 2.35. The molecular formula is C29H25BrN2O2S. The van der Waals surface area contributed by atoms with Crippen LogP contribution < -0.4 is 10.3 Å². The predicted octanol–water partition coefficient (Wildman–Crippen LogP) is 7.81. The van der Waals surface area contributed by atoms with Crippen LogP contribution in [0.4, 0.5) is 0 Å². The molecular weight excluding hydrogens is 520 g/mol. The van der Waals surface area contributed by atoms with Crippen molar-refractivity contribution in [3.63, 3.8) is 0 Å². The van der Waals surface area contributed by atoms with Crippen molar-refractivity contribution >= 4 is 48.3 Å². The van der Waals surface area contributed by atoms with Crippen LogP contribution in [0, 0.1) is 0 Å². The Morgan fingerprint density at radius 2 is 1.80 bits per heavy atom. The molecule has 1 N–H and O–H groups in total. The molecule has 0 amide bonds. The van der Waals surface area contributed by atoms with Gasteiger partial charge in [-0.3, -0.25) is 4.79 Å². The molecule has 3 aromatic carbocycles. The third kappa shape index (κ3) is 4.41. The van der Waals surface area contributed by atoms with E-state index in [1.54, 1.807) is 11.3 Å². The maximum atomic E-state index is 13.1. The summed E-state index contributed by atoms with van der Waals surface area (Å²) in [6.07, 6.45) is 6.88. The smallest absolute Gasteiger partial charge is 0.260 e. The Bertz CT molecular complexity index is 1600. The summed E-state index contributed by atoms with van der Waals surface area (Å²) in [7, 11) is 0. The van der Waals surface area contributed by atoms with Crippen molar-refractivity contribution in [2.45, 2.75) is 45.1 Å². The normalized spacial score (nSPS) is 14.0. The fourth-order valence-electron chi connectivity index (χ4n) is 4.99. The molecule has 0 unspecified atom stereocenters. The molecule has 176 valence electrons. The van der Waals surface area contributed by atoms with Crippen molar-refractivity contribution in [1.29, 1.82) is 0 Å². The van der Waals surface area contributed by atoms with Gasteiger partial charge >= 0.3 is 0 Å². The average molecular weight is 546 g/mol. The molecule has 0 atom stereocenters. The van der Waals surface area contributed by atoms with Crippen LogP contribution in [0.3, 0.4) is 0 Å². The molecule has 35 heavy (non-hydrogen) atoms. The monoisotopic (exact) mass is 544 g/mol. The number of nitrogens with one attached hydrogen (secondary N) is 1. The minimum Gasteiger partial charge on any atom is -0.488 e. The van der Waals surface area contributed by atoms with Gasteiger partial charge < -0.3 is 9.72 Å². The Hall–Kier alpha value is -2.96. The van der Waals surface area contributed by atoms with Gasteiger partial charge in [-0.05, 0) is 81.7 Å². The van der Waals surface area contributed by atoms with E-state index in [1.807, 2.05) is 30.3 Å². The lowest BCUT2D eigenvalue weighted by atomic mass is 9.98. The van der Waals surface area contributed by atoms with Gasteiger partial charge in [-0.2, -0.15) is 0 Å². The summed E-state index contributed by atoms with van der Waals surface area (Å²) >= 11 is 5.35. The van der Waals surface area contributed by atoms with Gasteiger partial charge in [-0.25, -0.2) is 4.98 Å². The summed E-state index contributed by atoms with van der Waals surface area (Å²) in [5.41, 5.74) is 3.19. The van der Waals surface area contributed by atoms with Gasteiger partial charge in [0, 0.05) is 10.4 Å². The minimum atomic E-state index is -0.0320. The lowest BCUT2D eigenvalue weighted by Crippen LogP contribution is -2.10. The molecule has 6 rings (SSSR count). The first-order valence-corrected chi connectivity index (χ1v) is 13.7. The third-order valence-corrected chi connectivity index (χ3v) is 8.60. The molecule has 2 aromatic heterocycles. The molecule has 1 aliphatic carbocycles. The topological polar surface area (TPSA) is 55.0 Å². The Balaban J connectivity index is 1.29. The SMILES string of the molecule is O=c1[nH]c(-c2ccc(OCc3cccc4ccccc34)c(Br)c2)nc2sc3c(c12)CCCCCC3. The molecule has 1 aliphatic rings. The van der Waals surface area contributed by atoms with Crippen molar-refractivity contribution < 1.29 is 4.74 Å². The molecule has 0 spiro atoms. The lowest BCUT2D eigenvalue weighted by Gasteiger charge is -2.12. The van der Waals surface area contributed by atoms with Crippen LogP contribution in [-0.4, -0.2) is 9.97 Å². The number of halogens is 1. The van der Waals surface area contributed by atoms with Crippen LogP contribution in [0.2, 0.25) is 0 Å². The molecule has 0 saturated carbocycles. The molecule has 0 radical (unpaired) electrons. The fourth-order valence-corrected chi connectivity index (χ4v) is 6.75. The number of thiophene rings is 1. The van der Waals surface area contributed by atoms with E-state index in [1.165, 1.54) is 40.5 Å². The molecule has 0 fully saturated rings. The largest absolute Gasteiger partial charge is 0.488 e. The van der Waals surface area contributed by atoms with Crippen LogP contribution in [0.15, 0.2) is 69.9 Å². The van der Waals surface area contributed by atoms with E-state index in [4.69, 9.17) is 9.72 Å². The van der Waals surface area contributed by atoms with Gasteiger partial charge in [0.2, 0.25) is 0 Å². The van der Waals surface area contributed by atoms with Gasteiger partial charge in [0.05, 0.1) is 9.86 Å². The zero-order chi connectivity index (χ0) is 23.8. The quantitative estimate of drug-likeness (QED) is 0.251. The number of benzene rings is 3. The number of nitrogens with zero attached hydrogens (tertiary/aromatic N) is 1. The van der Waals surface area contributed by atoms with Crippen LogP contribution in [0.5, 0.6) is 5.75 Å². The van der Waals surface area contributed by atoms with Crippen molar-refractivity contribution in [3.05, 3.63) is 91.5 Å². The molecule has 2 heterocycles. The van der Waals surface area contributed by atoms with Crippen LogP contribution in [0.1, 0.15) is 41.7 Å². The van der Waals surface area contributed by atoms with Crippen molar-refractivity contribution in [2.75, 3.05) is 0 Å². The zero-order valence-electron chi connectivity index (χ0n) is 19.3. The number of rotatable bonds is 4. The first-order valence-electron chi connectivity index (χ1n) is 12.1. The highest BCUT2D eigenvalue weighted by molar-refractivity contribution is 9.10. The Morgan fingerprint density at radius 1 is 0.971 bits per heavy atom. The van der Waals surface area contributed by atoms with E-state index in [-0.39, 0.29) is 5.56 Å². The number of aromatic amines is 1. The summed E-state index contributed by atoms with van der Waals surface area (Å²) in [6.45, 7) is 0.473. The van der Waals surface area contributed by atoms with Gasteiger partial charge in [0.25, 0.3) is 5.56 Å². The molecule has 6 heteroatoms. The third-order valence-electron chi connectivity index (χ3n) is 6.79. The molecule has 5 aromatic rings. The highest BCUT2D eigenvalue weighted by Gasteiger charge is 2.19. The van der Waals surface area contributed by atoms with E-state index >= 15 is 0 Å². The van der Waals surface area contributed by atoms with Gasteiger partial charge in [0.15, 0.2) is 0 Å². The second-order valence-corrected chi connectivity index (χ2v) is 11.0. The Labute approximate surface area is 216 Å². The second kappa shape index (κ2) is 9.59. The molecule has 0 aliphatic heterocycles. The maximum Gasteiger partial charge on any atom is 0.260 e. The minimum absolute atomic E-state index is 0.0320. The number of fused-ring (bicyclic) bond motifs is 4. The number of aromatic nitrogens is 2. The van der Waals surface area contributed by atoms with Crippen molar-refractivity contribution in [3.8, 4) is 17.1 Å². The van der Waals surface area contributed by atoms with Crippen molar-refractivity contribution in [1.82, 2.24) is 9.97 Å². The highest BCUT2D eigenvalue weighted by atomic mass is 79.9. The first kappa shape index (κ1) is 22.5. The van der Waals surface area contributed by atoms with E-state index in [0.29, 0.717) is 12.4 Å². The molecule has 0 saturated heterocycles. The summed E-state index contributed by atoms with van der Waals surface area (Å²) < 4.78 is 6.99. The molecule has 0 bridgehead atoms. The molecule has 4 nitrogen and oxygen atoms in total. The van der Waals surface area contributed by atoms with E-state index in [2.05, 4.69) is 51.2 Å². The number of H-pyrrole nitrogens is 1. The van der Waals surface area contributed by atoms with Gasteiger partial charge in [-0.15, -0.1) is 11.3 Å². The fraction of sp³-hybridized carbons (Fsp3) is 0.241. The Morgan fingerprint density at radius 3 is 2.69 bits per heavy atom. The number of hydrogen-bond acceptors (Lipinski definition) is 4. The van der Waals surface area contributed by atoms with E-state index in [9.17, 15) is 4.79 Å². The van der Waals surface area contributed by atoms with Gasteiger partial charge in [-0.1, -0.05) is 55.3 Å². The summed E-state index contributed by atoms with van der Waals surface area (Å²) in [6, 6.07) is 20.5. The standard InChI is InChI=1S/C29H25BrN2O2S/c30-23-16-19(14-15-24(23)34-17-20-10-7-9-18-8-5-6-11-21(18)20)27-31-28(33)26-22-12-3-1-2-4-13-25(22)35-29(26)32-27/h5-11,14-16H,1-4,12-13,17H2,(H,31,32,33). The summed E-state index contributed by atoms with van der Waals surface area (Å²) in [5.74, 6) is 1.35. The number of aryl methyl sites for hydroxylation is 2.